The molecule has 2 rings (SSSR count). The van der Waals surface area contributed by atoms with Gasteiger partial charge in [-0.05, 0) is 23.3 Å². The monoisotopic (exact) mass is 604 g/mol. The summed E-state index contributed by atoms with van der Waals surface area (Å²) >= 11 is 5.62. The first kappa shape index (κ1) is 32.6. The molecule has 1 amide bonds. The van der Waals surface area contributed by atoms with Gasteiger partial charge in [-0.1, -0.05) is 48.9 Å². The number of nitrogens with one attached hydrogen (secondary N) is 1. The third-order valence-electron chi connectivity index (χ3n) is 5.41. The molecule has 40 heavy (non-hydrogen) atoms. The van der Waals surface area contributed by atoms with Crippen LogP contribution in [-0.2, 0) is 11.0 Å². The summed E-state index contributed by atoms with van der Waals surface area (Å²) in [7, 11) is 0. The number of allylic oxidation sites excluding steroid dienone is 1. The number of rotatable bonds is 9. The summed E-state index contributed by atoms with van der Waals surface area (Å²) < 4.78 is 119. The molecule has 0 heterocycles. The first-order chi connectivity index (χ1) is 18.2. The molecule has 16 heteroatoms. The maximum absolute atomic E-state index is 13.7. The molecule has 0 radical (unpaired) electrons. The summed E-state index contributed by atoms with van der Waals surface area (Å²) in [5.74, 6) is -6.36. The molecule has 0 aromatic heterocycles. The Kier molecular flexibility index (Phi) is 10.00. The second-order valence-corrected chi connectivity index (χ2v) is 8.92. The number of carbonyl (C=O) groups is 2. The maximum Gasteiger partial charge on any atom is 0.417 e. The van der Waals surface area contributed by atoms with Crippen LogP contribution >= 0.6 is 11.6 Å². The minimum absolute atomic E-state index is 0.385. The average molecular weight is 605 g/mol. The smallest absolute Gasteiger partial charge is 0.347 e. The number of amides is 1. The summed E-state index contributed by atoms with van der Waals surface area (Å²) in [4.78, 5) is 34.3. The molecule has 1 unspecified atom stereocenters. The minimum Gasteiger partial charge on any atom is -0.347 e. The van der Waals surface area contributed by atoms with Crippen LogP contribution in [0.5, 0.6) is 0 Å². The third kappa shape index (κ3) is 8.96. The SMILES string of the molecule is C[C@@H](CC(=O)c1ccc(/C=C/C(c2ccc(Cl)c([N+](=O)[O-])c2)C(F)(F)F)cc1C(F)(F)F)C(=O)NCC(F)(F)F. The van der Waals surface area contributed by atoms with Gasteiger partial charge in [-0.3, -0.25) is 19.7 Å². The van der Waals surface area contributed by atoms with E-state index in [9.17, 15) is 59.2 Å². The van der Waals surface area contributed by atoms with Crippen LogP contribution in [0.1, 0.15) is 46.3 Å². The lowest BCUT2D eigenvalue weighted by Gasteiger charge is -2.18. The van der Waals surface area contributed by atoms with Crippen LogP contribution in [0.3, 0.4) is 0 Å². The Hall–Kier alpha value is -3.62. The molecule has 0 saturated heterocycles. The molecule has 0 spiro atoms. The van der Waals surface area contributed by atoms with Crippen LogP contribution in [0.2, 0.25) is 5.02 Å². The number of ketones is 1. The van der Waals surface area contributed by atoms with E-state index >= 15 is 0 Å². The van der Waals surface area contributed by atoms with Crippen molar-refractivity contribution < 1.29 is 54.0 Å². The lowest BCUT2D eigenvalue weighted by Crippen LogP contribution is -2.37. The van der Waals surface area contributed by atoms with Crippen LogP contribution in [0.15, 0.2) is 42.5 Å². The van der Waals surface area contributed by atoms with Crippen LogP contribution < -0.4 is 5.32 Å². The molecule has 2 aromatic rings. The predicted octanol–water partition coefficient (Wildman–Crippen LogP) is 7.51. The zero-order valence-electron chi connectivity index (χ0n) is 20.0. The number of benzene rings is 2. The summed E-state index contributed by atoms with van der Waals surface area (Å²) in [6, 6.07) is 4.27. The van der Waals surface area contributed by atoms with E-state index in [-0.39, 0.29) is 0 Å². The normalized spacial score (nSPS) is 14.2. The first-order valence-electron chi connectivity index (χ1n) is 11.0. The Balaban J connectivity index is 2.39. The minimum atomic E-state index is -5.17. The molecule has 0 bridgehead atoms. The number of carbonyl (C=O) groups excluding carboxylic acids is 2. The number of hydrogen-bond donors (Lipinski definition) is 1. The van der Waals surface area contributed by atoms with E-state index in [1.165, 1.54) is 5.32 Å². The Morgan fingerprint density at radius 1 is 1.02 bits per heavy atom. The molecule has 2 atom stereocenters. The molecule has 1 N–H and O–H groups in total. The van der Waals surface area contributed by atoms with E-state index in [4.69, 9.17) is 11.6 Å². The van der Waals surface area contributed by atoms with Crippen molar-refractivity contribution in [3.05, 3.63) is 79.9 Å². The standard InChI is InChI=1S/C24H18ClF9N2O4/c1-12(21(38)35-11-22(26,27)28)8-20(37)15-5-2-13(9-17(15)24(32,33)34)3-6-16(23(29,30)31)14-4-7-18(25)19(10-14)36(39)40/h2-7,9-10,12,16H,8,11H2,1H3,(H,35,38)/b6-3+/t12-,16?/m0/s1. The molecular weight excluding hydrogens is 587 g/mol. The molecule has 6 nitrogen and oxygen atoms in total. The van der Waals surface area contributed by atoms with Crippen LogP contribution in [-0.4, -0.2) is 35.5 Å². The highest BCUT2D eigenvalue weighted by atomic mass is 35.5. The number of hydrogen-bond acceptors (Lipinski definition) is 4. The molecule has 0 aliphatic rings. The van der Waals surface area contributed by atoms with Crippen molar-refractivity contribution in [1.82, 2.24) is 5.32 Å². The summed E-state index contributed by atoms with van der Waals surface area (Å²) in [6.45, 7) is -0.673. The van der Waals surface area contributed by atoms with E-state index < -0.39 is 92.9 Å². The number of nitro groups is 1. The molecule has 0 aliphatic heterocycles. The van der Waals surface area contributed by atoms with Crippen molar-refractivity contribution in [3.63, 3.8) is 0 Å². The van der Waals surface area contributed by atoms with Gasteiger partial charge in [-0.25, -0.2) is 0 Å². The summed E-state index contributed by atoms with van der Waals surface area (Å²) in [6.07, 6.45) is -14.7. The second kappa shape index (κ2) is 12.3. The van der Waals surface area contributed by atoms with Crippen molar-refractivity contribution >= 4 is 35.1 Å². The zero-order chi connectivity index (χ0) is 30.6. The number of Topliss-reactive ketones (excluding diaryl/α,β-unsaturated/α-hetero) is 1. The van der Waals surface area contributed by atoms with Gasteiger partial charge in [0.25, 0.3) is 5.69 Å². The van der Waals surface area contributed by atoms with E-state index in [1.54, 1.807) is 0 Å². The van der Waals surface area contributed by atoms with Gasteiger partial charge in [0.1, 0.15) is 11.6 Å². The molecule has 0 aliphatic carbocycles. The average Bonchev–Trinajstić information content (AvgIpc) is 2.81. The number of nitrogens with zero attached hydrogens (tertiary/aromatic N) is 1. The van der Waals surface area contributed by atoms with E-state index in [0.29, 0.717) is 30.4 Å². The summed E-state index contributed by atoms with van der Waals surface area (Å²) in [5.41, 5.74) is -4.34. The quantitative estimate of drug-likeness (QED) is 0.139. The van der Waals surface area contributed by atoms with Crippen LogP contribution in [0, 0.1) is 16.0 Å². The highest BCUT2D eigenvalue weighted by Gasteiger charge is 2.40. The largest absolute Gasteiger partial charge is 0.417 e. The molecule has 0 fully saturated rings. The van der Waals surface area contributed by atoms with E-state index in [0.717, 1.165) is 25.1 Å². The fraction of sp³-hybridized carbons (Fsp3) is 0.333. The number of alkyl halides is 9. The Labute approximate surface area is 224 Å². The van der Waals surface area contributed by atoms with Gasteiger partial charge in [0, 0.05) is 24.0 Å². The van der Waals surface area contributed by atoms with Crippen molar-refractivity contribution in [3.8, 4) is 0 Å². The Morgan fingerprint density at radius 2 is 1.65 bits per heavy atom. The fourth-order valence-corrected chi connectivity index (χ4v) is 3.65. The van der Waals surface area contributed by atoms with Gasteiger partial charge in [0.2, 0.25) is 5.91 Å². The predicted molar refractivity (Wildman–Crippen MR) is 125 cm³/mol. The van der Waals surface area contributed by atoms with Gasteiger partial charge in [-0.2, -0.15) is 39.5 Å². The van der Waals surface area contributed by atoms with Gasteiger partial charge in [-0.15, -0.1) is 0 Å². The van der Waals surface area contributed by atoms with Crippen molar-refractivity contribution in [2.45, 2.75) is 37.8 Å². The van der Waals surface area contributed by atoms with Gasteiger partial charge in [0.05, 0.1) is 16.4 Å². The van der Waals surface area contributed by atoms with Gasteiger partial charge >= 0.3 is 18.5 Å². The van der Waals surface area contributed by atoms with Crippen LogP contribution in [0.25, 0.3) is 6.08 Å². The van der Waals surface area contributed by atoms with E-state index in [1.807, 2.05) is 0 Å². The van der Waals surface area contributed by atoms with Crippen molar-refractivity contribution in [2.24, 2.45) is 5.92 Å². The Bertz CT molecular complexity index is 1300. The van der Waals surface area contributed by atoms with Gasteiger partial charge < -0.3 is 5.32 Å². The second-order valence-electron chi connectivity index (χ2n) is 8.51. The fourth-order valence-electron chi connectivity index (χ4n) is 3.47. The Morgan fingerprint density at radius 3 is 2.17 bits per heavy atom. The highest BCUT2D eigenvalue weighted by Crippen LogP contribution is 2.40. The first-order valence-corrected chi connectivity index (χ1v) is 11.4. The highest BCUT2D eigenvalue weighted by molar-refractivity contribution is 6.32. The molecule has 2 aromatic carbocycles. The van der Waals surface area contributed by atoms with Crippen molar-refractivity contribution in [1.29, 1.82) is 0 Å². The topological polar surface area (TPSA) is 89.3 Å². The lowest BCUT2D eigenvalue weighted by molar-refractivity contribution is -0.384. The summed E-state index contributed by atoms with van der Waals surface area (Å²) in [5, 5.41) is 12.1. The lowest BCUT2D eigenvalue weighted by atomic mass is 9.93. The molecule has 0 saturated carbocycles. The molecule has 218 valence electrons. The maximum atomic E-state index is 13.7. The van der Waals surface area contributed by atoms with Crippen molar-refractivity contribution in [2.75, 3.05) is 6.54 Å². The van der Waals surface area contributed by atoms with Crippen LogP contribution in [0.4, 0.5) is 45.2 Å². The van der Waals surface area contributed by atoms with E-state index in [2.05, 4.69) is 0 Å². The van der Waals surface area contributed by atoms with Gasteiger partial charge in [0.15, 0.2) is 5.78 Å². The number of nitro benzene ring substituents is 1. The zero-order valence-corrected chi connectivity index (χ0v) is 20.8. The number of halogens is 10. The third-order valence-corrected chi connectivity index (χ3v) is 5.73. The molecular formula is C24H18ClF9N2O4.